The first-order valence-electron chi connectivity index (χ1n) is 11.2. The molecule has 0 aliphatic carbocycles. The number of rotatable bonds is 8. The molecule has 37 heavy (non-hydrogen) atoms. The third kappa shape index (κ3) is 4.68. The molecular formula is C23H23F4N7O2S. The molecule has 14 heteroatoms. The van der Waals surface area contributed by atoms with Gasteiger partial charge >= 0.3 is 0 Å². The topological polar surface area (TPSA) is 121 Å². The van der Waals surface area contributed by atoms with Gasteiger partial charge in [-0.05, 0) is 45.4 Å². The number of amides is 2. The minimum Gasteiger partial charge on any atom is -0.365 e. The van der Waals surface area contributed by atoms with Crippen molar-refractivity contribution < 1.29 is 27.2 Å². The summed E-state index contributed by atoms with van der Waals surface area (Å²) < 4.78 is 56.5. The number of hydrogen-bond donors (Lipinski definition) is 2. The fraction of sp³-hybridized carbons (Fsp3) is 0.348. The van der Waals surface area contributed by atoms with E-state index in [-0.39, 0.29) is 20.8 Å². The van der Waals surface area contributed by atoms with Gasteiger partial charge in [0.25, 0.3) is 18.8 Å². The molecule has 0 radical (unpaired) electrons. The molecule has 1 atom stereocenters. The molecule has 196 valence electrons. The van der Waals surface area contributed by atoms with Crippen LogP contribution < -0.4 is 11.1 Å². The summed E-state index contributed by atoms with van der Waals surface area (Å²) in [5.41, 5.74) is 6.38. The second-order valence-electron chi connectivity index (χ2n) is 8.33. The highest BCUT2D eigenvalue weighted by Crippen LogP contribution is 2.43. The van der Waals surface area contributed by atoms with Gasteiger partial charge in [0, 0.05) is 28.9 Å². The zero-order valence-corrected chi connectivity index (χ0v) is 21.0. The summed E-state index contributed by atoms with van der Waals surface area (Å²) in [6.07, 6.45) is -4.20. The highest BCUT2D eigenvalue weighted by atomic mass is 32.1. The molecule has 4 rings (SSSR count). The third-order valence-corrected chi connectivity index (χ3v) is 7.08. The molecule has 0 saturated heterocycles. The molecule has 0 aliphatic rings. The van der Waals surface area contributed by atoms with E-state index in [0.717, 1.165) is 16.0 Å². The Morgan fingerprint density at radius 1 is 1.11 bits per heavy atom. The average Bonchev–Trinajstić information content (AvgIpc) is 3.52. The lowest BCUT2D eigenvalue weighted by Gasteiger charge is -2.16. The van der Waals surface area contributed by atoms with Gasteiger partial charge in [-0.15, -0.1) is 11.3 Å². The minimum atomic E-state index is -2.89. The van der Waals surface area contributed by atoms with Crippen LogP contribution in [0.1, 0.15) is 65.2 Å². The normalized spacial score (nSPS) is 12.6. The third-order valence-electron chi connectivity index (χ3n) is 5.98. The van der Waals surface area contributed by atoms with E-state index < -0.39 is 42.1 Å². The summed E-state index contributed by atoms with van der Waals surface area (Å²) >= 11 is 0.769. The molecule has 4 heterocycles. The Kier molecular flexibility index (Phi) is 7.04. The molecule has 1 unspecified atom stereocenters. The second kappa shape index (κ2) is 9.92. The number of halogens is 4. The van der Waals surface area contributed by atoms with Crippen LogP contribution in [-0.2, 0) is 11.3 Å². The van der Waals surface area contributed by atoms with E-state index >= 15 is 0 Å². The van der Waals surface area contributed by atoms with Crippen LogP contribution in [0.15, 0.2) is 18.3 Å². The maximum absolute atomic E-state index is 13.7. The first kappa shape index (κ1) is 26.3. The molecule has 3 N–H and O–H groups in total. The molecule has 0 fully saturated rings. The van der Waals surface area contributed by atoms with Crippen molar-refractivity contribution in [2.75, 3.05) is 5.32 Å². The van der Waals surface area contributed by atoms with Gasteiger partial charge in [-0.2, -0.15) is 10.2 Å². The predicted molar refractivity (Wildman–Crippen MR) is 130 cm³/mol. The molecule has 0 bridgehead atoms. The van der Waals surface area contributed by atoms with Crippen LogP contribution in [0, 0.1) is 13.8 Å². The SMILES string of the molecule is CCn1ncc(-c2cc(C(F)F)nc3sc(C(N)=O)c(NC(=O)C(C)n4nc(C(F)F)cc4C)c23)c1C. The molecule has 0 spiro atoms. The lowest BCUT2D eigenvalue weighted by atomic mass is 10.0. The fourth-order valence-electron chi connectivity index (χ4n) is 4.11. The molecule has 4 aromatic rings. The number of alkyl halides is 4. The number of carbonyl (C=O) groups is 2. The second-order valence-corrected chi connectivity index (χ2v) is 9.33. The maximum atomic E-state index is 13.7. The van der Waals surface area contributed by atoms with Gasteiger partial charge in [0.1, 0.15) is 27.1 Å². The Morgan fingerprint density at radius 2 is 1.78 bits per heavy atom. The van der Waals surface area contributed by atoms with Crippen molar-refractivity contribution in [1.29, 1.82) is 0 Å². The van der Waals surface area contributed by atoms with Crippen molar-refractivity contribution >= 4 is 39.1 Å². The van der Waals surface area contributed by atoms with Crippen molar-refractivity contribution in [3.63, 3.8) is 0 Å². The molecule has 2 amide bonds. The standard InChI is InChI=1S/C23H23F4N7O2S/c1-5-33-10(3)13(8-29-33)12-7-14(19(24)25)30-23-16(12)17(18(37-23)21(28)35)31-22(36)11(4)34-9(2)6-15(32-34)20(26)27/h6-8,11,19-20H,5H2,1-4H3,(H2,28,35)(H,31,36). The van der Waals surface area contributed by atoms with E-state index in [0.29, 0.717) is 29.1 Å². The highest BCUT2D eigenvalue weighted by molar-refractivity contribution is 7.21. The smallest absolute Gasteiger partial charge is 0.282 e. The van der Waals surface area contributed by atoms with Crippen LogP contribution in [0.25, 0.3) is 21.3 Å². The molecule has 0 aliphatic heterocycles. The number of hydrogen-bond acceptors (Lipinski definition) is 6. The van der Waals surface area contributed by atoms with Gasteiger partial charge in [-0.25, -0.2) is 22.5 Å². The Labute approximate surface area is 212 Å². The summed E-state index contributed by atoms with van der Waals surface area (Å²) in [4.78, 5) is 29.5. The summed E-state index contributed by atoms with van der Waals surface area (Å²) in [5, 5.41) is 11.0. The van der Waals surface area contributed by atoms with Gasteiger partial charge in [0.15, 0.2) is 0 Å². The number of nitrogens with one attached hydrogen (secondary N) is 1. The Bertz CT molecular complexity index is 1510. The largest absolute Gasteiger partial charge is 0.365 e. The van der Waals surface area contributed by atoms with Gasteiger partial charge in [-0.1, -0.05) is 0 Å². The summed E-state index contributed by atoms with van der Waals surface area (Å²) in [6, 6.07) is 1.32. The minimum absolute atomic E-state index is 0.00444. The Morgan fingerprint density at radius 3 is 2.32 bits per heavy atom. The van der Waals surface area contributed by atoms with Crippen molar-refractivity contribution in [2.45, 2.75) is 53.1 Å². The molecule has 0 aromatic carbocycles. The fourth-order valence-corrected chi connectivity index (χ4v) is 5.13. The van der Waals surface area contributed by atoms with E-state index in [9.17, 15) is 27.2 Å². The number of aromatic nitrogens is 5. The van der Waals surface area contributed by atoms with Crippen LogP contribution in [-0.4, -0.2) is 36.4 Å². The molecule has 9 nitrogen and oxygen atoms in total. The van der Waals surface area contributed by atoms with Gasteiger partial charge in [0.2, 0.25) is 5.91 Å². The van der Waals surface area contributed by atoms with E-state index in [4.69, 9.17) is 5.73 Å². The van der Waals surface area contributed by atoms with Crippen molar-refractivity contribution in [3.05, 3.63) is 46.0 Å². The van der Waals surface area contributed by atoms with Crippen LogP contribution in [0.3, 0.4) is 0 Å². The van der Waals surface area contributed by atoms with Gasteiger partial charge in [0.05, 0.1) is 11.9 Å². The van der Waals surface area contributed by atoms with Crippen molar-refractivity contribution in [3.8, 4) is 11.1 Å². The van der Waals surface area contributed by atoms with E-state index in [1.165, 1.54) is 32.2 Å². The van der Waals surface area contributed by atoms with Crippen molar-refractivity contribution in [2.24, 2.45) is 5.73 Å². The number of aryl methyl sites for hydroxylation is 2. The van der Waals surface area contributed by atoms with Crippen LogP contribution in [0.2, 0.25) is 0 Å². The summed E-state index contributed by atoms with van der Waals surface area (Å²) in [5.74, 6) is -1.58. The lowest BCUT2D eigenvalue weighted by molar-refractivity contribution is -0.119. The maximum Gasteiger partial charge on any atom is 0.282 e. The lowest BCUT2D eigenvalue weighted by Crippen LogP contribution is -2.26. The number of pyridine rings is 1. The van der Waals surface area contributed by atoms with Crippen LogP contribution in [0.4, 0.5) is 23.2 Å². The number of anilines is 1. The van der Waals surface area contributed by atoms with E-state index in [1.807, 2.05) is 6.92 Å². The van der Waals surface area contributed by atoms with Crippen molar-refractivity contribution in [1.82, 2.24) is 24.5 Å². The monoisotopic (exact) mass is 537 g/mol. The number of primary amides is 1. The summed E-state index contributed by atoms with van der Waals surface area (Å²) in [6.45, 7) is 7.15. The zero-order chi connectivity index (χ0) is 27.2. The van der Waals surface area contributed by atoms with Crippen LogP contribution >= 0.6 is 11.3 Å². The number of carbonyl (C=O) groups excluding carboxylic acids is 2. The van der Waals surface area contributed by atoms with Crippen LogP contribution in [0.5, 0.6) is 0 Å². The Balaban J connectivity index is 1.89. The number of fused-ring (bicyclic) bond motifs is 1. The average molecular weight is 538 g/mol. The molecular weight excluding hydrogens is 514 g/mol. The number of nitrogens with two attached hydrogens (primary N) is 1. The highest BCUT2D eigenvalue weighted by Gasteiger charge is 2.28. The predicted octanol–water partition coefficient (Wildman–Crippen LogP) is 5.17. The van der Waals surface area contributed by atoms with Gasteiger partial charge in [-0.3, -0.25) is 19.0 Å². The molecule has 0 saturated carbocycles. The molecule has 4 aromatic heterocycles. The van der Waals surface area contributed by atoms with E-state index in [2.05, 4.69) is 20.5 Å². The first-order chi connectivity index (χ1) is 17.4. The summed E-state index contributed by atoms with van der Waals surface area (Å²) in [7, 11) is 0. The zero-order valence-electron chi connectivity index (χ0n) is 20.2. The van der Waals surface area contributed by atoms with Gasteiger partial charge < -0.3 is 11.1 Å². The number of thiophene rings is 1. The first-order valence-corrected chi connectivity index (χ1v) is 12.0. The Hall–Kier alpha value is -3.81. The number of nitrogens with zero attached hydrogens (tertiary/aromatic N) is 5. The quantitative estimate of drug-likeness (QED) is 0.301. The van der Waals surface area contributed by atoms with E-state index in [1.54, 1.807) is 11.6 Å².